The summed E-state index contributed by atoms with van der Waals surface area (Å²) < 4.78 is 43.5. The Morgan fingerprint density at radius 1 is 0.826 bits per heavy atom. The van der Waals surface area contributed by atoms with Crippen LogP contribution in [0.4, 0.5) is 10.1 Å². The van der Waals surface area contributed by atoms with Crippen LogP contribution >= 0.6 is 0 Å². The van der Waals surface area contributed by atoms with Gasteiger partial charge in [-0.25, -0.2) is 12.8 Å². The van der Waals surface area contributed by atoms with Crippen LogP contribution in [0.25, 0.3) is 0 Å². The summed E-state index contributed by atoms with van der Waals surface area (Å²) in [4.78, 5) is 29.9. The van der Waals surface area contributed by atoms with Gasteiger partial charge in [0.2, 0.25) is 11.8 Å². The molecule has 0 aliphatic carbocycles. The molecule has 1 atom stereocenters. The van der Waals surface area contributed by atoms with Crippen molar-refractivity contribution >= 4 is 27.5 Å². The minimum atomic E-state index is -4.20. The number of rotatable bonds is 14. The molecule has 2 amide bonds. The third-order valence-electron chi connectivity index (χ3n) is 7.89. The highest BCUT2D eigenvalue weighted by atomic mass is 32.2. The summed E-state index contributed by atoms with van der Waals surface area (Å²) in [5.41, 5.74) is 4.23. The quantitative estimate of drug-likeness (QED) is 0.159. The van der Waals surface area contributed by atoms with Crippen LogP contribution in [-0.4, -0.2) is 44.3 Å². The summed E-state index contributed by atoms with van der Waals surface area (Å²) in [5.74, 6) is -1.33. The Morgan fingerprint density at radius 2 is 1.48 bits per heavy atom. The van der Waals surface area contributed by atoms with E-state index in [0.717, 1.165) is 33.8 Å². The number of sulfonamides is 1. The molecule has 1 unspecified atom stereocenters. The average molecular weight is 644 g/mol. The van der Waals surface area contributed by atoms with Gasteiger partial charge in [0, 0.05) is 19.5 Å². The summed E-state index contributed by atoms with van der Waals surface area (Å²) in [6, 6.07) is 26.1. The van der Waals surface area contributed by atoms with Crippen LogP contribution in [-0.2, 0) is 32.6 Å². The van der Waals surface area contributed by atoms with Crippen LogP contribution in [0.2, 0.25) is 0 Å². The smallest absolute Gasteiger partial charge is 0.264 e. The van der Waals surface area contributed by atoms with Gasteiger partial charge in [0.25, 0.3) is 10.0 Å². The van der Waals surface area contributed by atoms with Crippen molar-refractivity contribution in [3.05, 3.63) is 131 Å². The van der Waals surface area contributed by atoms with Crippen LogP contribution < -0.4 is 9.62 Å². The first-order chi connectivity index (χ1) is 22.0. The number of anilines is 1. The van der Waals surface area contributed by atoms with Crippen molar-refractivity contribution in [3.63, 3.8) is 0 Å². The number of nitrogens with zero attached hydrogens (tertiary/aromatic N) is 2. The van der Waals surface area contributed by atoms with E-state index in [9.17, 15) is 22.4 Å². The van der Waals surface area contributed by atoms with Crippen LogP contribution in [0.15, 0.2) is 102 Å². The van der Waals surface area contributed by atoms with Crippen molar-refractivity contribution < 1.29 is 22.4 Å². The van der Waals surface area contributed by atoms with Gasteiger partial charge in [-0.3, -0.25) is 13.9 Å². The highest BCUT2D eigenvalue weighted by Crippen LogP contribution is 2.29. The Hall–Kier alpha value is -4.50. The summed E-state index contributed by atoms with van der Waals surface area (Å²) in [6.07, 6.45) is 1.86. The predicted molar refractivity (Wildman–Crippen MR) is 180 cm³/mol. The van der Waals surface area contributed by atoms with Gasteiger partial charge in [0.15, 0.2) is 0 Å². The van der Waals surface area contributed by atoms with Crippen molar-refractivity contribution in [2.24, 2.45) is 0 Å². The fourth-order valence-corrected chi connectivity index (χ4v) is 6.66. The largest absolute Gasteiger partial charge is 0.354 e. The summed E-state index contributed by atoms with van der Waals surface area (Å²) in [5, 5.41) is 2.97. The molecule has 46 heavy (non-hydrogen) atoms. The standard InChI is InChI=1S/C37H42FN3O4S/c1-5-6-22-39-37(43)35(24-30-10-8-7-9-11-30)40(25-31-16-18-32(38)19-17-31)36(42)26-41(34-23-28(3)12-15-29(34)4)46(44,45)33-20-13-27(2)14-21-33/h7-21,23,35H,5-6,22,24-26H2,1-4H3,(H,39,43). The van der Waals surface area contributed by atoms with Gasteiger partial charge in [-0.15, -0.1) is 0 Å². The molecular formula is C37H42FN3O4S. The number of halogens is 1. The molecule has 1 N–H and O–H groups in total. The molecule has 242 valence electrons. The average Bonchev–Trinajstić information content (AvgIpc) is 3.04. The van der Waals surface area contributed by atoms with Gasteiger partial charge >= 0.3 is 0 Å². The third kappa shape index (κ3) is 8.81. The van der Waals surface area contributed by atoms with Gasteiger partial charge in [0.1, 0.15) is 18.4 Å². The lowest BCUT2D eigenvalue weighted by atomic mass is 10.0. The Morgan fingerprint density at radius 3 is 2.13 bits per heavy atom. The molecule has 0 aliphatic rings. The molecule has 4 rings (SSSR count). The first-order valence-electron chi connectivity index (χ1n) is 15.5. The maximum Gasteiger partial charge on any atom is 0.264 e. The van der Waals surface area contributed by atoms with Gasteiger partial charge < -0.3 is 10.2 Å². The third-order valence-corrected chi connectivity index (χ3v) is 9.66. The second-order valence-corrected chi connectivity index (χ2v) is 13.5. The molecule has 0 saturated carbocycles. The Bertz CT molecular complexity index is 1730. The number of aryl methyl sites for hydroxylation is 3. The van der Waals surface area contributed by atoms with Gasteiger partial charge in [-0.1, -0.05) is 85.6 Å². The van der Waals surface area contributed by atoms with Crippen molar-refractivity contribution in [2.45, 2.75) is 64.4 Å². The van der Waals surface area contributed by atoms with E-state index in [-0.39, 0.29) is 23.8 Å². The van der Waals surface area contributed by atoms with Gasteiger partial charge in [0.05, 0.1) is 10.6 Å². The van der Waals surface area contributed by atoms with Crippen molar-refractivity contribution in [3.8, 4) is 0 Å². The molecule has 0 aromatic heterocycles. The van der Waals surface area contributed by atoms with E-state index < -0.39 is 34.3 Å². The lowest BCUT2D eigenvalue weighted by molar-refractivity contribution is -0.140. The molecular weight excluding hydrogens is 601 g/mol. The second-order valence-electron chi connectivity index (χ2n) is 11.6. The molecule has 4 aromatic carbocycles. The van der Waals surface area contributed by atoms with Crippen molar-refractivity contribution in [1.29, 1.82) is 0 Å². The fraction of sp³-hybridized carbons (Fsp3) is 0.297. The van der Waals surface area contributed by atoms with Crippen LogP contribution in [0.1, 0.15) is 47.6 Å². The molecule has 0 saturated heterocycles. The zero-order valence-corrected chi connectivity index (χ0v) is 27.7. The zero-order chi connectivity index (χ0) is 33.3. The molecule has 0 radical (unpaired) electrons. The molecule has 0 bridgehead atoms. The van der Waals surface area contributed by atoms with E-state index in [4.69, 9.17) is 0 Å². The summed E-state index contributed by atoms with van der Waals surface area (Å²) in [7, 11) is -4.20. The number of hydrogen-bond acceptors (Lipinski definition) is 4. The van der Waals surface area contributed by atoms with Crippen molar-refractivity contribution in [2.75, 3.05) is 17.4 Å². The Labute approximate surface area is 272 Å². The van der Waals surface area contributed by atoms with E-state index in [1.807, 2.05) is 63.2 Å². The first-order valence-corrected chi connectivity index (χ1v) is 17.0. The minimum absolute atomic E-state index is 0.0248. The zero-order valence-electron chi connectivity index (χ0n) is 26.9. The monoisotopic (exact) mass is 643 g/mol. The predicted octanol–water partition coefficient (Wildman–Crippen LogP) is 6.50. The lowest BCUT2D eigenvalue weighted by Gasteiger charge is -2.34. The maximum absolute atomic E-state index is 14.6. The molecule has 0 heterocycles. The van der Waals surface area contributed by atoms with E-state index in [2.05, 4.69) is 5.32 Å². The van der Waals surface area contributed by atoms with Crippen LogP contribution in [0.5, 0.6) is 0 Å². The maximum atomic E-state index is 14.6. The Balaban J connectivity index is 1.81. The molecule has 0 spiro atoms. The van der Waals surface area contributed by atoms with Crippen molar-refractivity contribution in [1.82, 2.24) is 10.2 Å². The number of nitrogens with one attached hydrogen (secondary N) is 1. The number of amides is 2. The molecule has 0 aliphatic heterocycles. The second kappa shape index (κ2) is 15.7. The lowest BCUT2D eigenvalue weighted by Crippen LogP contribution is -2.53. The summed E-state index contributed by atoms with van der Waals surface area (Å²) in [6.45, 7) is 7.42. The van der Waals surface area contributed by atoms with E-state index in [1.54, 1.807) is 37.3 Å². The van der Waals surface area contributed by atoms with Gasteiger partial charge in [-0.05, 0) is 79.8 Å². The number of benzene rings is 4. The van der Waals surface area contributed by atoms with Crippen LogP contribution in [0.3, 0.4) is 0 Å². The SMILES string of the molecule is CCCCNC(=O)C(Cc1ccccc1)N(Cc1ccc(F)cc1)C(=O)CN(c1cc(C)ccc1C)S(=O)(=O)c1ccc(C)cc1. The summed E-state index contributed by atoms with van der Waals surface area (Å²) >= 11 is 0. The number of carbonyl (C=O) groups excluding carboxylic acids is 2. The highest BCUT2D eigenvalue weighted by molar-refractivity contribution is 7.92. The normalized spacial score (nSPS) is 11.9. The van der Waals surface area contributed by atoms with Crippen LogP contribution in [0, 0.1) is 26.6 Å². The van der Waals surface area contributed by atoms with E-state index in [0.29, 0.717) is 23.4 Å². The Kier molecular flexibility index (Phi) is 11.7. The molecule has 0 fully saturated rings. The number of hydrogen-bond donors (Lipinski definition) is 1. The molecule has 4 aromatic rings. The topological polar surface area (TPSA) is 86.8 Å². The number of carbonyl (C=O) groups is 2. The van der Waals surface area contributed by atoms with Gasteiger partial charge in [-0.2, -0.15) is 0 Å². The number of unbranched alkanes of at least 4 members (excludes halogenated alkanes) is 1. The minimum Gasteiger partial charge on any atom is -0.354 e. The van der Waals surface area contributed by atoms with E-state index in [1.165, 1.54) is 29.2 Å². The van der Waals surface area contributed by atoms with E-state index >= 15 is 0 Å². The first kappa shape index (κ1) is 34.4. The molecule has 7 nitrogen and oxygen atoms in total. The fourth-order valence-electron chi connectivity index (χ4n) is 5.19. The highest BCUT2D eigenvalue weighted by Gasteiger charge is 2.35. The molecule has 9 heteroatoms.